The zero-order valence-corrected chi connectivity index (χ0v) is 30.0. The molecule has 2 amide bonds. The van der Waals surface area contributed by atoms with Crippen molar-refractivity contribution in [1.29, 1.82) is 0 Å². The Morgan fingerprint density at radius 3 is 1.79 bits per heavy atom. The molecule has 4 aromatic heterocycles. The summed E-state index contributed by atoms with van der Waals surface area (Å²) < 4.78 is 17.1. The number of nitrogens with zero attached hydrogens (tertiary/aromatic N) is 8. The zero-order chi connectivity index (χ0) is 38.0. The van der Waals surface area contributed by atoms with E-state index in [0.717, 1.165) is 0 Å². The second-order valence-electron chi connectivity index (χ2n) is 12.0. The summed E-state index contributed by atoms with van der Waals surface area (Å²) in [7, 11) is 2.73. The lowest BCUT2D eigenvalue weighted by Crippen LogP contribution is -2.20. The van der Waals surface area contributed by atoms with E-state index in [9.17, 15) is 24.3 Å². The molecule has 0 fully saturated rings. The molecule has 0 spiro atoms. The minimum Gasteiger partial charge on any atom is -0.506 e. The summed E-state index contributed by atoms with van der Waals surface area (Å²) in [5, 5.41) is 25.4. The van der Waals surface area contributed by atoms with Gasteiger partial charge < -0.3 is 23.7 Å². The first-order valence-corrected chi connectivity index (χ1v) is 16.7. The second kappa shape index (κ2) is 14.8. The van der Waals surface area contributed by atoms with E-state index < -0.39 is 17.8 Å². The molecule has 0 aliphatic rings. The minimum absolute atomic E-state index is 0.124. The van der Waals surface area contributed by atoms with E-state index in [-0.39, 0.29) is 41.9 Å². The van der Waals surface area contributed by atoms with Crippen LogP contribution >= 0.6 is 0 Å². The molecule has 0 bridgehead atoms. The van der Waals surface area contributed by atoms with E-state index in [1.54, 1.807) is 62.7 Å². The first kappa shape index (κ1) is 36.0. The Morgan fingerprint density at radius 2 is 1.30 bits per heavy atom. The quantitative estimate of drug-likeness (QED) is 0.0860. The summed E-state index contributed by atoms with van der Waals surface area (Å²) in [6, 6.07) is 9.27. The largest absolute Gasteiger partial charge is 0.506 e. The Bertz CT molecular complexity index is 2430. The van der Waals surface area contributed by atoms with Gasteiger partial charge >= 0.3 is 5.97 Å². The number of aromatic hydroxyl groups is 1. The van der Waals surface area contributed by atoms with E-state index in [1.807, 2.05) is 13.8 Å². The molecule has 2 aromatic carbocycles. The molecule has 0 unspecified atom stereocenters. The van der Waals surface area contributed by atoms with Crippen molar-refractivity contribution in [3.8, 4) is 11.5 Å². The third-order valence-corrected chi connectivity index (χ3v) is 8.49. The summed E-state index contributed by atoms with van der Waals surface area (Å²) >= 11 is 0. The van der Waals surface area contributed by atoms with Crippen molar-refractivity contribution in [1.82, 2.24) is 38.7 Å². The number of hydrogen-bond acceptors (Lipinski definition) is 11. The number of benzene rings is 2. The van der Waals surface area contributed by atoms with E-state index >= 15 is 0 Å². The van der Waals surface area contributed by atoms with Gasteiger partial charge in [-0.15, -0.1) is 0 Å². The van der Waals surface area contributed by atoms with Crippen molar-refractivity contribution >= 4 is 58.0 Å². The van der Waals surface area contributed by atoms with E-state index in [1.165, 1.54) is 32.4 Å². The smallest absolute Gasteiger partial charge is 0.338 e. The zero-order valence-electron chi connectivity index (χ0n) is 30.0. The number of phenols is 1. The number of phenolic OH excluding ortho intramolecular Hbond substituents is 1. The van der Waals surface area contributed by atoms with Crippen LogP contribution in [0.15, 0.2) is 48.6 Å². The summed E-state index contributed by atoms with van der Waals surface area (Å²) in [4.78, 5) is 60.2. The van der Waals surface area contributed by atoms with Crippen LogP contribution in [0.5, 0.6) is 11.5 Å². The molecular weight excluding hydrogens is 684 g/mol. The number of aryl methyl sites for hydroxylation is 4. The highest BCUT2D eigenvalue weighted by Crippen LogP contribution is 2.32. The van der Waals surface area contributed by atoms with Crippen LogP contribution in [0.1, 0.15) is 66.9 Å². The van der Waals surface area contributed by atoms with E-state index in [2.05, 4.69) is 30.8 Å². The number of aldehydes is 1. The summed E-state index contributed by atoms with van der Waals surface area (Å²) in [6.45, 7) is 8.58. The number of carbonyl (C=O) groups excluding carboxylic acids is 4. The van der Waals surface area contributed by atoms with Gasteiger partial charge in [0, 0.05) is 31.7 Å². The van der Waals surface area contributed by atoms with Gasteiger partial charge in [0.1, 0.15) is 40.2 Å². The Morgan fingerprint density at radius 1 is 0.774 bits per heavy atom. The van der Waals surface area contributed by atoms with Crippen molar-refractivity contribution in [2.75, 3.05) is 24.9 Å². The Hall–Kier alpha value is -6.78. The van der Waals surface area contributed by atoms with Crippen LogP contribution in [0.25, 0.3) is 22.1 Å². The van der Waals surface area contributed by atoms with E-state index in [0.29, 0.717) is 70.0 Å². The van der Waals surface area contributed by atoms with Crippen LogP contribution in [-0.2, 0) is 30.9 Å². The molecule has 0 radical (unpaired) electrons. The predicted molar refractivity (Wildman–Crippen MR) is 195 cm³/mol. The number of hydrogen-bond donors (Lipinski definition) is 3. The number of rotatable bonds is 13. The first-order valence-electron chi connectivity index (χ1n) is 16.7. The minimum atomic E-state index is -0.583. The van der Waals surface area contributed by atoms with Crippen LogP contribution in [0.2, 0.25) is 0 Å². The molecule has 0 atom stereocenters. The summed E-state index contributed by atoms with van der Waals surface area (Å²) in [5.74, 6) is -1.03. The highest BCUT2D eigenvalue weighted by molar-refractivity contribution is 6.05. The molecule has 17 heteroatoms. The normalized spacial score (nSPS) is 11.4. The molecule has 53 heavy (non-hydrogen) atoms. The standard InChI is InChI=1S/C36H38N10O7/c1-7-45-26(13-20(3)41-45)32(49)39-35-37-24-15-22(19-47)16-28(48)30(24)43(35)11-9-10-12-44-31-25(17-23(34(51)53-6)18-29(31)52-5)38-36(44)40-33(50)27-14-21(4)42-46(27)8-2/h9-10,13-19,48H,7-8,11-12H2,1-6H3,(H,37,39,49)(H,38,40,50)/b10-9+. The third kappa shape index (κ3) is 6.95. The maximum Gasteiger partial charge on any atom is 0.338 e. The number of amides is 2. The Kier molecular flexibility index (Phi) is 10.1. The van der Waals surface area contributed by atoms with Crippen LogP contribution in [0, 0.1) is 13.8 Å². The van der Waals surface area contributed by atoms with Gasteiger partial charge in [-0.1, -0.05) is 12.2 Å². The van der Waals surface area contributed by atoms with Gasteiger partial charge in [-0.2, -0.15) is 10.2 Å². The van der Waals surface area contributed by atoms with Gasteiger partial charge in [0.05, 0.1) is 42.2 Å². The van der Waals surface area contributed by atoms with Gasteiger partial charge in [0.2, 0.25) is 11.9 Å². The number of anilines is 2. The highest BCUT2D eigenvalue weighted by Gasteiger charge is 2.23. The number of fused-ring (bicyclic) bond motifs is 2. The lowest BCUT2D eigenvalue weighted by atomic mass is 10.2. The molecule has 0 saturated heterocycles. The fourth-order valence-corrected chi connectivity index (χ4v) is 6.13. The van der Waals surface area contributed by atoms with Crippen molar-refractivity contribution < 1.29 is 33.8 Å². The molecule has 6 aromatic rings. The van der Waals surface area contributed by atoms with Crippen LogP contribution in [0.3, 0.4) is 0 Å². The number of aromatic nitrogens is 8. The van der Waals surface area contributed by atoms with Crippen LogP contribution < -0.4 is 15.4 Å². The van der Waals surface area contributed by atoms with Gasteiger partial charge in [-0.25, -0.2) is 14.8 Å². The van der Waals surface area contributed by atoms with Gasteiger partial charge in [0.15, 0.2) is 0 Å². The third-order valence-electron chi connectivity index (χ3n) is 8.49. The van der Waals surface area contributed by atoms with Crippen LogP contribution in [0.4, 0.5) is 11.9 Å². The average Bonchev–Trinajstić information content (AvgIpc) is 3.91. The van der Waals surface area contributed by atoms with E-state index in [4.69, 9.17) is 9.47 Å². The maximum atomic E-state index is 13.5. The Balaban J connectivity index is 1.37. The molecule has 0 aliphatic carbocycles. The van der Waals surface area contributed by atoms with Crippen molar-refractivity contribution in [3.05, 3.63) is 82.5 Å². The average molecular weight is 723 g/mol. The second-order valence-corrected chi connectivity index (χ2v) is 12.0. The van der Waals surface area contributed by atoms with Crippen LogP contribution in [-0.4, -0.2) is 82.1 Å². The number of nitrogens with one attached hydrogen (secondary N) is 2. The first-order chi connectivity index (χ1) is 25.5. The molecule has 6 rings (SSSR count). The lowest BCUT2D eigenvalue weighted by molar-refractivity contribution is 0.0600. The summed E-state index contributed by atoms with van der Waals surface area (Å²) in [6.07, 6.45) is 4.19. The number of methoxy groups -OCH3 is 2. The molecular formula is C36H38N10O7. The monoisotopic (exact) mass is 722 g/mol. The van der Waals surface area contributed by atoms with Gasteiger partial charge in [-0.05, 0) is 64.1 Å². The predicted octanol–water partition coefficient (Wildman–Crippen LogP) is 4.51. The fraction of sp³-hybridized carbons (Fsp3) is 0.278. The topological polar surface area (TPSA) is 202 Å². The molecule has 3 N–H and O–H groups in total. The molecule has 4 heterocycles. The molecule has 0 saturated carbocycles. The fourth-order valence-electron chi connectivity index (χ4n) is 6.13. The van der Waals surface area contributed by atoms with Gasteiger partial charge in [0.25, 0.3) is 11.8 Å². The van der Waals surface area contributed by atoms with Crippen molar-refractivity contribution in [3.63, 3.8) is 0 Å². The van der Waals surface area contributed by atoms with Gasteiger partial charge in [-0.3, -0.25) is 34.4 Å². The number of imidazole rings is 2. The highest BCUT2D eigenvalue weighted by atomic mass is 16.5. The number of esters is 1. The Labute approximate surface area is 302 Å². The lowest BCUT2D eigenvalue weighted by Gasteiger charge is -2.12. The molecule has 274 valence electrons. The number of ether oxygens (including phenoxy) is 2. The number of allylic oxidation sites excluding steroid dienone is 2. The van der Waals surface area contributed by atoms with Crippen molar-refractivity contribution in [2.45, 2.75) is 53.9 Å². The number of carbonyl (C=O) groups is 4. The summed E-state index contributed by atoms with van der Waals surface area (Å²) in [5.41, 5.74) is 3.94. The molecule has 17 nitrogen and oxygen atoms in total. The van der Waals surface area contributed by atoms with Crippen molar-refractivity contribution in [2.24, 2.45) is 0 Å². The SMILES string of the molecule is CCn1nc(C)cc1C(=O)Nc1nc2cc(C=O)cc(O)c2n1C/C=C/Cn1c(NC(=O)c2cc(C)nn2CC)nc2cc(C(=O)OC)cc(OC)c21. The maximum absolute atomic E-state index is 13.5. The molecule has 0 aliphatic heterocycles.